The number of hydrogen-bond donors (Lipinski definition) is 3. The van der Waals surface area contributed by atoms with Crippen molar-refractivity contribution in [3.05, 3.63) is 0 Å². The molecule has 4 N–H and O–H groups in total. The minimum Gasteiger partial charge on any atom is -0.359 e. The Morgan fingerprint density at radius 2 is 2.40 bits per heavy atom. The molecule has 5 heteroatoms. The standard InChI is InChI=1S/C5H11N5/c1-4(7)10-5(8-2)9-3-6/h4H,7H2,1-2H3,(H2,8,9,10). The third-order valence-electron chi connectivity index (χ3n) is 0.763. The fourth-order valence-electron chi connectivity index (χ4n) is 0.426. The Morgan fingerprint density at radius 1 is 1.80 bits per heavy atom. The van der Waals surface area contributed by atoms with Crippen molar-refractivity contribution < 1.29 is 0 Å². The molecule has 0 saturated heterocycles. The van der Waals surface area contributed by atoms with Crippen LogP contribution in [0, 0.1) is 11.5 Å². The van der Waals surface area contributed by atoms with E-state index in [0.29, 0.717) is 5.96 Å². The summed E-state index contributed by atoms with van der Waals surface area (Å²) in [4.78, 5) is 3.40. The third kappa shape index (κ3) is 3.69. The summed E-state index contributed by atoms with van der Waals surface area (Å²) >= 11 is 0. The average Bonchev–Trinajstić information content (AvgIpc) is 1.86. The molecule has 0 heterocycles. The van der Waals surface area contributed by atoms with Crippen LogP contribution in [0.4, 0.5) is 0 Å². The molecule has 0 aliphatic heterocycles. The van der Waals surface area contributed by atoms with Crippen LogP contribution in [-0.4, -0.2) is 19.2 Å². The Labute approximate surface area is 59.9 Å². The summed E-state index contributed by atoms with van der Waals surface area (Å²) in [6, 6.07) is 0. The van der Waals surface area contributed by atoms with Gasteiger partial charge in [-0.05, 0) is 6.92 Å². The predicted octanol–water partition coefficient (Wildman–Crippen LogP) is -1.06. The number of nitrogens with two attached hydrogens (primary N) is 1. The predicted molar refractivity (Wildman–Crippen MR) is 38.9 cm³/mol. The summed E-state index contributed by atoms with van der Waals surface area (Å²) < 4.78 is 0. The van der Waals surface area contributed by atoms with Gasteiger partial charge in [0.1, 0.15) is 0 Å². The number of guanidine groups is 1. The van der Waals surface area contributed by atoms with Crippen LogP contribution in [-0.2, 0) is 0 Å². The van der Waals surface area contributed by atoms with Crippen molar-refractivity contribution in [3.8, 4) is 6.19 Å². The van der Waals surface area contributed by atoms with Crippen LogP contribution in [0.1, 0.15) is 6.92 Å². The topological polar surface area (TPSA) is 86.2 Å². The molecule has 0 spiro atoms. The van der Waals surface area contributed by atoms with E-state index in [0.717, 1.165) is 0 Å². The van der Waals surface area contributed by atoms with E-state index in [4.69, 9.17) is 11.0 Å². The summed E-state index contributed by atoms with van der Waals surface area (Å²) in [5.41, 5.74) is 5.36. The fourth-order valence-corrected chi connectivity index (χ4v) is 0.426. The number of nitrogens with one attached hydrogen (secondary N) is 2. The molecule has 1 atom stereocenters. The largest absolute Gasteiger partial charge is 0.359 e. The molecule has 0 aliphatic rings. The van der Waals surface area contributed by atoms with Gasteiger partial charge in [0.15, 0.2) is 0 Å². The lowest BCUT2D eigenvalue weighted by molar-refractivity contribution is 0.684. The summed E-state index contributed by atoms with van der Waals surface area (Å²) in [6.07, 6.45) is 1.42. The Morgan fingerprint density at radius 3 is 2.70 bits per heavy atom. The molecular weight excluding hydrogens is 130 g/mol. The van der Waals surface area contributed by atoms with Crippen LogP contribution in [0.2, 0.25) is 0 Å². The van der Waals surface area contributed by atoms with Crippen molar-refractivity contribution in [2.24, 2.45) is 10.7 Å². The molecule has 1 unspecified atom stereocenters. The molecule has 0 saturated carbocycles. The zero-order chi connectivity index (χ0) is 7.98. The molecule has 0 aromatic carbocycles. The molecule has 0 fully saturated rings. The van der Waals surface area contributed by atoms with Crippen molar-refractivity contribution in [1.29, 1.82) is 5.26 Å². The Bertz CT molecular complexity index is 154. The molecule has 0 aromatic rings. The van der Waals surface area contributed by atoms with E-state index in [-0.39, 0.29) is 6.17 Å². The highest BCUT2D eigenvalue weighted by Gasteiger charge is 1.95. The van der Waals surface area contributed by atoms with Gasteiger partial charge in [-0.25, -0.2) is 0 Å². The Balaban J connectivity index is 3.86. The Hall–Kier alpha value is -1.28. The normalized spacial score (nSPS) is 13.6. The summed E-state index contributed by atoms with van der Waals surface area (Å²) in [5, 5.41) is 13.5. The first-order valence-corrected chi connectivity index (χ1v) is 2.87. The number of nitrogens with zero attached hydrogens (tertiary/aromatic N) is 2. The second-order valence-corrected chi connectivity index (χ2v) is 1.74. The highest BCUT2D eigenvalue weighted by Crippen LogP contribution is 1.69. The highest BCUT2D eigenvalue weighted by atomic mass is 15.2. The third-order valence-corrected chi connectivity index (χ3v) is 0.763. The first-order valence-electron chi connectivity index (χ1n) is 2.87. The van der Waals surface area contributed by atoms with Gasteiger partial charge in [-0.1, -0.05) is 0 Å². The Kier molecular flexibility index (Phi) is 4.00. The second kappa shape index (κ2) is 4.58. The second-order valence-electron chi connectivity index (χ2n) is 1.74. The van der Waals surface area contributed by atoms with Gasteiger partial charge in [0.25, 0.3) is 0 Å². The molecule has 5 nitrogen and oxygen atoms in total. The van der Waals surface area contributed by atoms with Crippen LogP contribution in [0.25, 0.3) is 0 Å². The van der Waals surface area contributed by atoms with Gasteiger partial charge in [-0.3, -0.25) is 0 Å². The van der Waals surface area contributed by atoms with Gasteiger partial charge in [-0.2, -0.15) is 5.26 Å². The maximum atomic E-state index is 8.12. The van der Waals surface area contributed by atoms with Crippen LogP contribution in [0.15, 0.2) is 4.99 Å². The monoisotopic (exact) mass is 141 g/mol. The molecule has 0 bridgehead atoms. The first kappa shape index (κ1) is 8.72. The maximum absolute atomic E-state index is 8.12. The van der Waals surface area contributed by atoms with E-state index >= 15 is 0 Å². The molecule has 0 amide bonds. The van der Waals surface area contributed by atoms with Crippen molar-refractivity contribution in [2.75, 3.05) is 7.05 Å². The first-order chi connectivity index (χ1) is 4.70. The van der Waals surface area contributed by atoms with E-state index in [9.17, 15) is 0 Å². The van der Waals surface area contributed by atoms with Gasteiger partial charge in [0, 0.05) is 7.05 Å². The number of rotatable bonds is 1. The van der Waals surface area contributed by atoms with Crippen molar-refractivity contribution in [2.45, 2.75) is 13.1 Å². The van der Waals surface area contributed by atoms with Gasteiger partial charge >= 0.3 is 0 Å². The molecular formula is C5H11N5. The molecule has 10 heavy (non-hydrogen) atoms. The van der Waals surface area contributed by atoms with E-state index in [1.807, 2.05) is 0 Å². The molecule has 0 aliphatic carbocycles. The molecule has 0 rings (SSSR count). The van der Waals surface area contributed by atoms with Crippen LogP contribution in [0.5, 0.6) is 0 Å². The highest BCUT2D eigenvalue weighted by molar-refractivity contribution is 5.80. The smallest absolute Gasteiger partial charge is 0.209 e. The summed E-state index contributed by atoms with van der Waals surface area (Å²) in [5.74, 6) is 0.387. The zero-order valence-electron chi connectivity index (χ0n) is 6.05. The van der Waals surface area contributed by atoms with E-state index in [1.165, 1.54) is 0 Å². The zero-order valence-corrected chi connectivity index (χ0v) is 6.05. The minimum absolute atomic E-state index is 0.209. The van der Waals surface area contributed by atoms with Gasteiger partial charge in [0.2, 0.25) is 12.2 Å². The lowest BCUT2D eigenvalue weighted by Gasteiger charge is -2.09. The molecule has 0 radical (unpaired) electrons. The number of nitriles is 1. The minimum atomic E-state index is -0.209. The summed E-state index contributed by atoms with van der Waals surface area (Å²) in [7, 11) is 1.66. The summed E-state index contributed by atoms with van der Waals surface area (Å²) in [6.45, 7) is 1.75. The number of aliphatic imine (C=N–C) groups is 1. The maximum Gasteiger partial charge on any atom is 0.209 e. The van der Waals surface area contributed by atoms with E-state index in [1.54, 1.807) is 20.2 Å². The van der Waals surface area contributed by atoms with E-state index < -0.39 is 0 Å². The number of hydrogen-bond acceptors (Lipinski definition) is 3. The van der Waals surface area contributed by atoms with Crippen LogP contribution < -0.4 is 16.4 Å². The van der Waals surface area contributed by atoms with Gasteiger partial charge in [-0.15, -0.1) is 4.99 Å². The van der Waals surface area contributed by atoms with Crippen molar-refractivity contribution in [1.82, 2.24) is 10.6 Å². The van der Waals surface area contributed by atoms with Gasteiger partial charge in [0.05, 0.1) is 6.17 Å². The lowest BCUT2D eigenvalue weighted by atomic mass is 10.6. The molecule has 56 valence electrons. The molecule has 0 aromatic heterocycles. The van der Waals surface area contributed by atoms with Gasteiger partial charge < -0.3 is 16.4 Å². The fraction of sp³-hybridized carbons (Fsp3) is 0.600. The van der Waals surface area contributed by atoms with Crippen molar-refractivity contribution >= 4 is 5.96 Å². The van der Waals surface area contributed by atoms with Crippen molar-refractivity contribution in [3.63, 3.8) is 0 Å². The SMILES string of the molecule is CN/C(=N\C#N)NC(C)N. The average molecular weight is 141 g/mol. The van der Waals surface area contributed by atoms with E-state index in [2.05, 4.69) is 15.6 Å². The van der Waals surface area contributed by atoms with Crippen LogP contribution in [0.3, 0.4) is 0 Å². The van der Waals surface area contributed by atoms with Crippen LogP contribution >= 0.6 is 0 Å². The quantitative estimate of drug-likeness (QED) is 0.188. The lowest BCUT2D eigenvalue weighted by Crippen LogP contribution is -2.44.